The van der Waals surface area contributed by atoms with Gasteiger partial charge in [0.25, 0.3) is 0 Å². The zero-order valence-electron chi connectivity index (χ0n) is 16.4. The molecule has 1 fully saturated rings. The van der Waals surface area contributed by atoms with E-state index in [0.29, 0.717) is 38.2 Å². The molecule has 2 heterocycles. The first kappa shape index (κ1) is 24.9. The fourth-order valence-electron chi connectivity index (χ4n) is 3.32. The minimum Gasteiger partial charge on any atom is -0.341 e. The summed E-state index contributed by atoms with van der Waals surface area (Å²) in [7, 11) is 0. The minimum atomic E-state index is -0.547. The van der Waals surface area contributed by atoms with Gasteiger partial charge in [-0.3, -0.25) is 9.59 Å². The summed E-state index contributed by atoms with van der Waals surface area (Å²) < 4.78 is 0. The van der Waals surface area contributed by atoms with Gasteiger partial charge in [-0.25, -0.2) is 4.98 Å². The molecule has 0 saturated carbocycles. The van der Waals surface area contributed by atoms with Crippen molar-refractivity contribution in [2.24, 2.45) is 11.7 Å². The molecule has 1 saturated heterocycles. The normalized spacial score (nSPS) is 14.9. The Morgan fingerprint density at radius 1 is 1.14 bits per heavy atom. The van der Waals surface area contributed by atoms with E-state index in [9.17, 15) is 9.59 Å². The van der Waals surface area contributed by atoms with E-state index in [1.807, 2.05) is 43.3 Å². The van der Waals surface area contributed by atoms with Gasteiger partial charge in [-0.1, -0.05) is 36.4 Å². The maximum absolute atomic E-state index is 12.6. The number of piperidine rings is 1. The number of anilines is 1. The first-order valence-corrected chi connectivity index (χ1v) is 9.35. The third kappa shape index (κ3) is 6.99. The van der Waals surface area contributed by atoms with Gasteiger partial charge in [0.1, 0.15) is 5.82 Å². The van der Waals surface area contributed by atoms with Crippen molar-refractivity contribution in [3.05, 3.63) is 59.8 Å². The molecule has 6 nitrogen and oxygen atoms in total. The predicted octanol–water partition coefficient (Wildman–Crippen LogP) is 2.98. The Morgan fingerprint density at radius 2 is 1.79 bits per heavy atom. The Bertz CT molecular complexity index is 779. The molecule has 158 valence electrons. The van der Waals surface area contributed by atoms with Crippen molar-refractivity contribution in [2.45, 2.75) is 32.2 Å². The van der Waals surface area contributed by atoms with E-state index in [-0.39, 0.29) is 42.5 Å². The monoisotopic (exact) mass is 438 g/mol. The molecule has 0 spiro atoms. The van der Waals surface area contributed by atoms with Crippen molar-refractivity contribution in [1.29, 1.82) is 0 Å². The zero-order valence-corrected chi connectivity index (χ0v) is 18.0. The fraction of sp³-hybridized carbons (Fsp3) is 0.381. The minimum absolute atomic E-state index is 0. The molecule has 1 unspecified atom stereocenters. The summed E-state index contributed by atoms with van der Waals surface area (Å²) in [5, 5.41) is 2.86. The Hall–Kier alpha value is -2.15. The lowest BCUT2D eigenvalue weighted by atomic mass is 9.95. The molecular formula is C21H28Cl2N4O2. The van der Waals surface area contributed by atoms with Crippen LogP contribution >= 0.6 is 24.8 Å². The first-order valence-electron chi connectivity index (χ1n) is 9.35. The molecule has 1 aliphatic heterocycles. The number of amides is 2. The largest absolute Gasteiger partial charge is 0.341 e. The highest BCUT2D eigenvalue weighted by Gasteiger charge is 2.29. The van der Waals surface area contributed by atoms with Crippen LogP contribution in [0.25, 0.3) is 0 Å². The molecule has 0 bridgehead atoms. The van der Waals surface area contributed by atoms with Crippen molar-refractivity contribution >= 4 is 42.4 Å². The van der Waals surface area contributed by atoms with Crippen molar-refractivity contribution in [3.63, 3.8) is 0 Å². The van der Waals surface area contributed by atoms with Gasteiger partial charge in [-0.2, -0.15) is 0 Å². The van der Waals surface area contributed by atoms with Crippen molar-refractivity contribution in [3.8, 4) is 0 Å². The summed E-state index contributed by atoms with van der Waals surface area (Å²) >= 11 is 0. The fourth-order valence-corrected chi connectivity index (χ4v) is 3.32. The smallest absolute Gasteiger partial charge is 0.239 e. The van der Waals surface area contributed by atoms with Crippen LogP contribution in [0.3, 0.4) is 0 Å². The van der Waals surface area contributed by atoms with E-state index in [1.165, 1.54) is 0 Å². The van der Waals surface area contributed by atoms with Crippen LogP contribution in [0.4, 0.5) is 5.82 Å². The lowest BCUT2D eigenvalue weighted by Gasteiger charge is -2.33. The average molecular weight is 439 g/mol. The first-order chi connectivity index (χ1) is 13.0. The molecule has 1 aromatic heterocycles. The van der Waals surface area contributed by atoms with Gasteiger partial charge in [0.05, 0.1) is 6.04 Å². The number of carbonyl (C=O) groups excluding carboxylic acids is 2. The molecule has 3 rings (SSSR count). The number of nitrogens with one attached hydrogen (secondary N) is 1. The van der Waals surface area contributed by atoms with E-state index in [0.717, 1.165) is 11.1 Å². The second kappa shape index (κ2) is 11.8. The summed E-state index contributed by atoms with van der Waals surface area (Å²) in [5.74, 6) is 0.376. The number of aromatic nitrogens is 1. The van der Waals surface area contributed by atoms with Crippen molar-refractivity contribution < 1.29 is 9.59 Å². The van der Waals surface area contributed by atoms with E-state index >= 15 is 0 Å². The number of halogens is 2. The number of aryl methyl sites for hydroxylation is 1. The molecule has 8 heteroatoms. The number of hydrogen-bond donors (Lipinski definition) is 2. The highest BCUT2D eigenvalue weighted by Crippen LogP contribution is 2.20. The number of nitrogens with two attached hydrogens (primary N) is 1. The van der Waals surface area contributed by atoms with Crippen molar-refractivity contribution in [1.82, 2.24) is 9.88 Å². The summed E-state index contributed by atoms with van der Waals surface area (Å²) in [6.45, 7) is 3.06. The number of likely N-dealkylation sites (tertiary alicyclic amines) is 1. The molecule has 3 N–H and O–H groups in total. The molecule has 0 radical (unpaired) electrons. The van der Waals surface area contributed by atoms with Gasteiger partial charge < -0.3 is 16.0 Å². The lowest BCUT2D eigenvalue weighted by molar-refractivity contribution is -0.135. The molecule has 1 aliphatic rings. The van der Waals surface area contributed by atoms with Gasteiger partial charge >= 0.3 is 0 Å². The van der Waals surface area contributed by atoms with Crippen LogP contribution in [-0.4, -0.2) is 40.8 Å². The second-order valence-corrected chi connectivity index (χ2v) is 7.11. The van der Waals surface area contributed by atoms with Gasteiger partial charge in [0.2, 0.25) is 11.8 Å². The molecule has 1 atom stereocenters. The average Bonchev–Trinajstić information content (AvgIpc) is 2.70. The lowest BCUT2D eigenvalue weighted by Crippen LogP contribution is -2.49. The number of nitrogens with zero attached hydrogens (tertiary/aromatic N) is 2. The third-order valence-corrected chi connectivity index (χ3v) is 4.96. The van der Waals surface area contributed by atoms with Crippen LogP contribution < -0.4 is 11.1 Å². The third-order valence-electron chi connectivity index (χ3n) is 4.96. The van der Waals surface area contributed by atoms with Gasteiger partial charge in [0, 0.05) is 25.2 Å². The number of carbonyl (C=O) groups is 2. The number of pyridine rings is 1. The Labute approximate surface area is 184 Å². The van der Waals surface area contributed by atoms with E-state index in [1.54, 1.807) is 17.2 Å². The van der Waals surface area contributed by atoms with Crippen molar-refractivity contribution in [2.75, 3.05) is 18.4 Å². The Balaban J connectivity index is 0.00000210. The maximum atomic E-state index is 12.6. The number of hydrogen-bond acceptors (Lipinski definition) is 4. The SMILES string of the molecule is Cc1ccc(NC(=O)C2CCN(C(=O)C(N)Cc3ccccc3)CC2)nc1.Cl.Cl. The van der Waals surface area contributed by atoms with Gasteiger partial charge in [-0.05, 0) is 43.4 Å². The summed E-state index contributed by atoms with van der Waals surface area (Å²) in [6, 6.07) is 12.9. The molecule has 29 heavy (non-hydrogen) atoms. The molecule has 2 amide bonds. The van der Waals surface area contributed by atoms with E-state index in [4.69, 9.17) is 5.73 Å². The highest BCUT2D eigenvalue weighted by molar-refractivity contribution is 5.92. The van der Waals surface area contributed by atoms with Crippen LogP contribution in [0.1, 0.15) is 24.0 Å². The highest BCUT2D eigenvalue weighted by atomic mass is 35.5. The van der Waals surface area contributed by atoms with E-state index < -0.39 is 6.04 Å². The summed E-state index contributed by atoms with van der Waals surface area (Å²) in [5.41, 5.74) is 8.21. The van der Waals surface area contributed by atoms with Crippen LogP contribution in [-0.2, 0) is 16.0 Å². The number of benzene rings is 1. The standard InChI is InChI=1S/C21H26N4O2.2ClH/c1-15-7-8-19(23-14-15)24-20(26)17-9-11-25(12-10-17)21(27)18(22)13-16-5-3-2-4-6-16;;/h2-8,14,17-18H,9-13,22H2,1H3,(H,23,24,26);2*1H. The van der Waals surface area contributed by atoms with E-state index in [2.05, 4.69) is 10.3 Å². The Kier molecular flexibility index (Phi) is 10.1. The number of rotatable bonds is 5. The molecular weight excluding hydrogens is 411 g/mol. The van der Waals surface area contributed by atoms with Gasteiger partial charge in [-0.15, -0.1) is 24.8 Å². The molecule has 2 aromatic rings. The topological polar surface area (TPSA) is 88.3 Å². The molecule has 1 aromatic carbocycles. The van der Waals surface area contributed by atoms with Crippen LogP contribution in [0.15, 0.2) is 48.7 Å². The predicted molar refractivity (Wildman–Crippen MR) is 120 cm³/mol. The van der Waals surface area contributed by atoms with Gasteiger partial charge in [0.15, 0.2) is 0 Å². The van der Waals surface area contributed by atoms with Crippen LogP contribution in [0, 0.1) is 12.8 Å². The molecule has 0 aliphatic carbocycles. The zero-order chi connectivity index (χ0) is 19.2. The summed E-state index contributed by atoms with van der Waals surface area (Å²) in [6.07, 6.45) is 3.53. The summed E-state index contributed by atoms with van der Waals surface area (Å²) in [4.78, 5) is 31.0. The van der Waals surface area contributed by atoms with Crippen LogP contribution in [0.2, 0.25) is 0 Å². The maximum Gasteiger partial charge on any atom is 0.239 e. The quantitative estimate of drug-likeness (QED) is 0.750. The van der Waals surface area contributed by atoms with Crippen LogP contribution in [0.5, 0.6) is 0 Å². The Morgan fingerprint density at radius 3 is 2.38 bits per heavy atom. The second-order valence-electron chi connectivity index (χ2n) is 7.11.